The van der Waals surface area contributed by atoms with E-state index in [2.05, 4.69) is 19.9 Å². The molecule has 134 valence electrons. The van der Waals surface area contributed by atoms with Gasteiger partial charge in [0.2, 0.25) is 0 Å². The second-order valence-electron chi connectivity index (χ2n) is 7.28. The van der Waals surface area contributed by atoms with Gasteiger partial charge in [0, 0.05) is 44.5 Å². The molecule has 1 fully saturated rings. The summed E-state index contributed by atoms with van der Waals surface area (Å²) in [6, 6.07) is 1.97. The molecule has 2 aromatic rings. The van der Waals surface area contributed by atoms with Crippen molar-refractivity contribution >= 4 is 11.9 Å². The average Bonchev–Trinajstić information content (AvgIpc) is 2.97. The molecule has 3 heterocycles. The summed E-state index contributed by atoms with van der Waals surface area (Å²) in [6.07, 6.45) is 4.83. The van der Waals surface area contributed by atoms with Gasteiger partial charge in [-0.05, 0) is 20.8 Å². The lowest BCUT2D eigenvalue weighted by Gasteiger charge is -2.39. The van der Waals surface area contributed by atoms with Crippen molar-refractivity contribution in [3.63, 3.8) is 0 Å². The van der Waals surface area contributed by atoms with Crippen LogP contribution in [-0.2, 0) is 11.3 Å². The molecule has 3 rings (SSSR count). The molecule has 0 unspecified atom stereocenters. The number of amides is 1. The summed E-state index contributed by atoms with van der Waals surface area (Å²) < 4.78 is 5.38. The summed E-state index contributed by atoms with van der Waals surface area (Å²) in [5, 5.41) is 0. The molecule has 1 amide bonds. The SMILES string of the molecule is CN(Cc1ncc[nH]1)c1cc(C2CN(C(=O)OC(C)(C)C)C2)ncn1. The second-order valence-corrected chi connectivity index (χ2v) is 7.28. The van der Waals surface area contributed by atoms with Gasteiger partial charge in [0.15, 0.2) is 0 Å². The highest BCUT2D eigenvalue weighted by atomic mass is 16.6. The number of carbonyl (C=O) groups excluding carboxylic acids is 1. The zero-order chi connectivity index (χ0) is 18.0. The number of anilines is 1. The van der Waals surface area contributed by atoms with E-state index in [-0.39, 0.29) is 12.0 Å². The summed E-state index contributed by atoms with van der Waals surface area (Å²) in [5.41, 5.74) is 0.467. The Kier molecular flexibility index (Phi) is 4.61. The smallest absolute Gasteiger partial charge is 0.410 e. The first kappa shape index (κ1) is 17.2. The molecule has 0 bridgehead atoms. The van der Waals surface area contributed by atoms with Crippen LogP contribution in [0.5, 0.6) is 0 Å². The Morgan fingerprint density at radius 2 is 2.12 bits per heavy atom. The molecule has 0 atom stereocenters. The van der Waals surface area contributed by atoms with Crippen LogP contribution in [0.25, 0.3) is 0 Å². The molecule has 25 heavy (non-hydrogen) atoms. The van der Waals surface area contributed by atoms with Gasteiger partial charge < -0.3 is 19.5 Å². The van der Waals surface area contributed by atoms with E-state index in [0.717, 1.165) is 17.3 Å². The fraction of sp³-hybridized carbons (Fsp3) is 0.529. The monoisotopic (exact) mass is 344 g/mol. The van der Waals surface area contributed by atoms with Crippen LogP contribution in [0.15, 0.2) is 24.8 Å². The lowest BCUT2D eigenvalue weighted by atomic mass is 9.96. The fourth-order valence-electron chi connectivity index (χ4n) is 2.62. The molecule has 8 nitrogen and oxygen atoms in total. The van der Waals surface area contributed by atoms with Crippen LogP contribution in [0.3, 0.4) is 0 Å². The Morgan fingerprint density at radius 1 is 1.36 bits per heavy atom. The second kappa shape index (κ2) is 6.70. The van der Waals surface area contributed by atoms with Gasteiger partial charge in [-0.2, -0.15) is 0 Å². The Hall–Kier alpha value is -2.64. The summed E-state index contributed by atoms with van der Waals surface area (Å²) in [6.45, 7) is 7.48. The summed E-state index contributed by atoms with van der Waals surface area (Å²) in [7, 11) is 1.96. The van der Waals surface area contributed by atoms with Gasteiger partial charge in [0.25, 0.3) is 0 Å². The van der Waals surface area contributed by atoms with Gasteiger partial charge in [-0.15, -0.1) is 0 Å². The molecule has 1 aliphatic heterocycles. The van der Waals surface area contributed by atoms with Crippen LogP contribution in [0.2, 0.25) is 0 Å². The molecule has 2 aromatic heterocycles. The molecular weight excluding hydrogens is 320 g/mol. The van der Waals surface area contributed by atoms with E-state index in [9.17, 15) is 4.79 Å². The number of hydrogen-bond acceptors (Lipinski definition) is 6. The Bertz CT molecular complexity index is 719. The minimum atomic E-state index is -0.473. The molecular formula is C17H24N6O2. The molecule has 0 radical (unpaired) electrons. The lowest BCUT2D eigenvalue weighted by Crippen LogP contribution is -2.50. The normalized spacial score (nSPS) is 15.0. The molecule has 0 aromatic carbocycles. The average molecular weight is 344 g/mol. The molecule has 1 N–H and O–H groups in total. The van der Waals surface area contributed by atoms with E-state index < -0.39 is 5.60 Å². The standard InChI is InChI=1S/C17H24N6O2/c1-17(2,3)25-16(24)23-8-12(9-23)13-7-15(21-11-20-13)22(4)10-14-18-5-6-19-14/h5-7,11-12H,8-10H2,1-4H3,(H,18,19). The number of nitrogens with one attached hydrogen (secondary N) is 1. The zero-order valence-corrected chi connectivity index (χ0v) is 15.1. The van der Waals surface area contributed by atoms with E-state index in [0.29, 0.717) is 19.6 Å². The quantitative estimate of drug-likeness (QED) is 0.915. The third-order valence-electron chi connectivity index (χ3n) is 3.96. The van der Waals surface area contributed by atoms with E-state index >= 15 is 0 Å². The predicted octanol–water partition coefficient (Wildman–Crippen LogP) is 2.17. The highest BCUT2D eigenvalue weighted by molar-refractivity contribution is 5.69. The molecule has 0 aliphatic carbocycles. The summed E-state index contributed by atoms with van der Waals surface area (Å²) >= 11 is 0. The van der Waals surface area contributed by atoms with Crippen LogP contribution in [0.4, 0.5) is 10.6 Å². The topological polar surface area (TPSA) is 87.2 Å². The van der Waals surface area contributed by atoms with Crippen molar-refractivity contribution < 1.29 is 9.53 Å². The van der Waals surface area contributed by atoms with Crippen molar-refractivity contribution in [3.8, 4) is 0 Å². The number of hydrogen-bond donors (Lipinski definition) is 1. The van der Waals surface area contributed by atoms with Crippen LogP contribution in [0.1, 0.15) is 38.2 Å². The molecule has 1 aliphatic rings. The van der Waals surface area contributed by atoms with Gasteiger partial charge >= 0.3 is 6.09 Å². The van der Waals surface area contributed by atoms with Gasteiger partial charge in [-0.25, -0.2) is 19.7 Å². The number of likely N-dealkylation sites (tertiary alicyclic amines) is 1. The minimum Gasteiger partial charge on any atom is -0.444 e. The van der Waals surface area contributed by atoms with E-state index in [1.165, 1.54) is 0 Å². The zero-order valence-electron chi connectivity index (χ0n) is 15.1. The summed E-state index contributed by atoms with van der Waals surface area (Å²) in [4.78, 5) is 31.7. The van der Waals surface area contributed by atoms with Crippen molar-refractivity contribution in [2.75, 3.05) is 25.0 Å². The first-order chi connectivity index (χ1) is 11.8. The number of carbonyl (C=O) groups is 1. The van der Waals surface area contributed by atoms with Crippen molar-refractivity contribution in [2.24, 2.45) is 0 Å². The van der Waals surface area contributed by atoms with Crippen LogP contribution < -0.4 is 4.90 Å². The van der Waals surface area contributed by atoms with E-state index in [4.69, 9.17) is 4.74 Å². The van der Waals surface area contributed by atoms with Gasteiger partial charge in [-0.1, -0.05) is 0 Å². The summed E-state index contributed by atoms with van der Waals surface area (Å²) in [5.74, 6) is 1.92. The molecule has 1 saturated heterocycles. The minimum absolute atomic E-state index is 0.214. The lowest BCUT2D eigenvalue weighted by molar-refractivity contribution is 0.00787. The Morgan fingerprint density at radius 3 is 2.76 bits per heavy atom. The maximum Gasteiger partial charge on any atom is 0.410 e. The van der Waals surface area contributed by atoms with E-state index in [1.807, 2.05) is 38.8 Å². The largest absolute Gasteiger partial charge is 0.444 e. The number of H-pyrrole nitrogens is 1. The number of aromatic amines is 1. The van der Waals surface area contributed by atoms with Crippen molar-refractivity contribution in [3.05, 3.63) is 36.3 Å². The Balaban J connectivity index is 1.59. The van der Waals surface area contributed by atoms with Crippen LogP contribution >= 0.6 is 0 Å². The third kappa shape index (κ3) is 4.26. The highest BCUT2D eigenvalue weighted by Crippen LogP contribution is 2.28. The first-order valence-electron chi connectivity index (χ1n) is 8.31. The number of nitrogens with zero attached hydrogens (tertiary/aromatic N) is 5. The molecule has 0 saturated carbocycles. The highest BCUT2D eigenvalue weighted by Gasteiger charge is 2.35. The fourth-order valence-corrected chi connectivity index (χ4v) is 2.62. The third-order valence-corrected chi connectivity index (χ3v) is 3.96. The number of aromatic nitrogens is 4. The maximum absolute atomic E-state index is 12.0. The number of ether oxygens (including phenoxy) is 1. The number of rotatable bonds is 4. The van der Waals surface area contributed by atoms with Gasteiger partial charge in [0.1, 0.15) is 23.6 Å². The van der Waals surface area contributed by atoms with Crippen molar-refractivity contribution in [2.45, 2.75) is 38.8 Å². The first-order valence-corrected chi connectivity index (χ1v) is 8.31. The van der Waals surface area contributed by atoms with E-state index in [1.54, 1.807) is 23.6 Å². The van der Waals surface area contributed by atoms with Gasteiger partial charge in [0.05, 0.1) is 12.2 Å². The van der Waals surface area contributed by atoms with Gasteiger partial charge in [-0.3, -0.25) is 0 Å². The van der Waals surface area contributed by atoms with Crippen LogP contribution in [-0.4, -0.2) is 56.7 Å². The predicted molar refractivity (Wildman–Crippen MR) is 93.3 cm³/mol. The van der Waals surface area contributed by atoms with Crippen molar-refractivity contribution in [1.29, 1.82) is 0 Å². The number of imidazole rings is 1. The molecule has 0 spiro atoms. The molecule has 8 heteroatoms. The maximum atomic E-state index is 12.0. The van der Waals surface area contributed by atoms with Crippen molar-refractivity contribution in [1.82, 2.24) is 24.8 Å². The Labute approximate surface area is 147 Å². The van der Waals surface area contributed by atoms with Crippen LogP contribution in [0, 0.1) is 0 Å².